The molecule has 7 nitrogen and oxygen atoms in total. The Bertz CT molecular complexity index is 1420. The highest BCUT2D eigenvalue weighted by atomic mass is 79.9. The maximum absolute atomic E-state index is 13.0. The Morgan fingerprint density at radius 3 is 2.37 bits per heavy atom. The molecular weight excluding hydrogens is 578 g/mol. The number of hydrogen-bond donors (Lipinski definition) is 0. The molecule has 1 saturated heterocycles. The Labute approximate surface area is 219 Å². The van der Waals surface area contributed by atoms with E-state index in [-0.39, 0.29) is 33.4 Å². The van der Waals surface area contributed by atoms with Gasteiger partial charge in [-0.25, -0.2) is 0 Å². The number of carbonyl (C=O) groups is 2. The normalized spacial score (nSPS) is 15.1. The number of nitrogens with zero attached hydrogens (tertiary/aromatic N) is 1. The number of ether oxygens (including phenoxy) is 1. The zero-order valence-corrected chi connectivity index (χ0v) is 22.1. The number of para-hydroxylation sites is 1. The average Bonchev–Trinajstić information content (AvgIpc) is 3.09. The summed E-state index contributed by atoms with van der Waals surface area (Å²) in [5.41, 5.74) is 1.05. The van der Waals surface area contributed by atoms with Gasteiger partial charge < -0.3 is 8.92 Å². The van der Waals surface area contributed by atoms with Crippen molar-refractivity contribution >= 4 is 66.6 Å². The van der Waals surface area contributed by atoms with Crippen LogP contribution in [-0.2, 0) is 21.5 Å². The summed E-state index contributed by atoms with van der Waals surface area (Å²) in [6.45, 7) is 0.113. The smallest absolute Gasteiger partial charge is 0.339 e. The van der Waals surface area contributed by atoms with Gasteiger partial charge >= 0.3 is 10.1 Å². The van der Waals surface area contributed by atoms with Gasteiger partial charge in [0.25, 0.3) is 11.1 Å². The van der Waals surface area contributed by atoms with Crippen LogP contribution in [0, 0.1) is 0 Å². The number of thioether (sulfide) groups is 1. The fraction of sp³-hybridized carbons (Fsp3) is 0.0833. The molecule has 1 heterocycles. The van der Waals surface area contributed by atoms with E-state index in [0.717, 1.165) is 26.7 Å². The van der Waals surface area contributed by atoms with Gasteiger partial charge in [0.05, 0.1) is 18.6 Å². The van der Waals surface area contributed by atoms with E-state index in [9.17, 15) is 18.0 Å². The Morgan fingerprint density at radius 2 is 1.71 bits per heavy atom. The third-order valence-electron chi connectivity index (χ3n) is 4.94. The molecule has 0 N–H and O–H groups in total. The first-order valence-corrected chi connectivity index (χ1v) is 13.4. The van der Waals surface area contributed by atoms with E-state index < -0.39 is 21.3 Å². The lowest BCUT2D eigenvalue weighted by Crippen LogP contribution is -2.27. The van der Waals surface area contributed by atoms with E-state index in [1.165, 1.54) is 43.5 Å². The van der Waals surface area contributed by atoms with Crippen molar-refractivity contribution < 1.29 is 26.9 Å². The van der Waals surface area contributed by atoms with Crippen molar-refractivity contribution in [3.05, 3.63) is 92.3 Å². The molecular formula is C24H17BrClNO6S2. The highest BCUT2D eigenvalue weighted by molar-refractivity contribution is 9.10. The van der Waals surface area contributed by atoms with Gasteiger partial charge in [-0.1, -0.05) is 51.8 Å². The molecule has 0 radical (unpaired) electrons. The van der Waals surface area contributed by atoms with E-state index in [4.69, 9.17) is 20.5 Å². The van der Waals surface area contributed by atoms with Crippen molar-refractivity contribution in [2.45, 2.75) is 11.4 Å². The van der Waals surface area contributed by atoms with E-state index in [1.807, 2.05) is 24.3 Å². The second-order valence-corrected chi connectivity index (χ2v) is 11.2. The van der Waals surface area contributed by atoms with Crippen molar-refractivity contribution in [1.29, 1.82) is 0 Å². The molecule has 180 valence electrons. The zero-order chi connectivity index (χ0) is 25.2. The van der Waals surface area contributed by atoms with E-state index >= 15 is 0 Å². The third kappa shape index (κ3) is 5.72. The molecule has 3 aromatic rings. The van der Waals surface area contributed by atoms with E-state index in [0.29, 0.717) is 5.02 Å². The predicted octanol–water partition coefficient (Wildman–Crippen LogP) is 6.12. The van der Waals surface area contributed by atoms with Crippen LogP contribution in [0.15, 0.2) is 81.0 Å². The minimum Gasteiger partial charge on any atom is -0.493 e. The summed E-state index contributed by atoms with van der Waals surface area (Å²) in [6.07, 6.45) is 1.42. The molecule has 2 amide bonds. The standard InChI is InChI=1S/C24H17BrClNO6S2/c1-32-20-4-2-3-16(22(20)33-35(30,31)19-11-9-18(26)10-12-19)13-21-23(28)27(24(29)34-21)14-15-5-7-17(25)8-6-15/h2-13H,14H2,1H3/b21-13-. The minimum atomic E-state index is -4.24. The van der Waals surface area contributed by atoms with Gasteiger partial charge in [-0.3, -0.25) is 14.5 Å². The number of carbonyl (C=O) groups excluding carboxylic acids is 2. The molecule has 35 heavy (non-hydrogen) atoms. The Morgan fingerprint density at radius 1 is 1.03 bits per heavy atom. The summed E-state index contributed by atoms with van der Waals surface area (Å²) in [5, 5.41) is -0.0517. The molecule has 1 aliphatic rings. The summed E-state index contributed by atoms with van der Waals surface area (Å²) in [6, 6.07) is 17.5. The quantitative estimate of drug-likeness (QED) is 0.241. The first-order valence-electron chi connectivity index (χ1n) is 10.0. The second kappa shape index (κ2) is 10.4. The Balaban J connectivity index is 1.65. The number of methoxy groups -OCH3 is 1. The number of halogens is 2. The van der Waals surface area contributed by atoms with Gasteiger partial charge in [-0.15, -0.1) is 0 Å². The van der Waals surface area contributed by atoms with Crippen molar-refractivity contribution in [1.82, 2.24) is 4.90 Å². The summed E-state index contributed by atoms with van der Waals surface area (Å²) >= 11 is 9.97. The van der Waals surface area contributed by atoms with Crippen LogP contribution < -0.4 is 8.92 Å². The van der Waals surface area contributed by atoms with Crippen LogP contribution in [0.25, 0.3) is 6.08 Å². The number of rotatable bonds is 7. The van der Waals surface area contributed by atoms with Crippen molar-refractivity contribution in [3.63, 3.8) is 0 Å². The summed E-state index contributed by atoms with van der Waals surface area (Å²) in [5.74, 6) is -0.452. The van der Waals surface area contributed by atoms with Crippen LogP contribution in [0.2, 0.25) is 5.02 Å². The topological polar surface area (TPSA) is 90.0 Å². The van der Waals surface area contributed by atoms with Crippen LogP contribution >= 0.6 is 39.3 Å². The van der Waals surface area contributed by atoms with Gasteiger partial charge in [0.15, 0.2) is 11.5 Å². The zero-order valence-electron chi connectivity index (χ0n) is 18.1. The molecule has 0 saturated carbocycles. The molecule has 11 heteroatoms. The maximum atomic E-state index is 13.0. The lowest BCUT2D eigenvalue weighted by atomic mass is 10.1. The molecule has 3 aromatic carbocycles. The summed E-state index contributed by atoms with van der Waals surface area (Å²) in [4.78, 5) is 26.7. The summed E-state index contributed by atoms with van der Waals surface area (Å²) in [7, 11) is -2.87. The number of hydrogen-bond acceptors (Lipinski definition) is 7. The second-order valence-electron chi connectivity index (χ2n) is 7.26. The average molecular weight is 595 g/mol. The monoisotopic (exact) mass is 593 g/mol. The molecule has 0 aromatic heterocycles. The molecule has 1 fully saturated rings. The minimum absolute atomic E-state index is 0.103. The molecule has 0 atom stereocenters. The third-order valence-corrected chi connectivity index (χ3v) is 7.86. The molecule has 0 spiro atoms. The van der Waals surface area contributed by atoms with Crippen LogP contribution in [0.3, 0.4) is 0 Å². The Hall–Kier alpha value is -2.79. The molecule has 0 bridgehead atoms. The molecule has 1 aliphatic heterocycles. The maximum Gasteiger partial charge on any atom is 0.339 e. The fourth-order valence-corrected chi connectivity index (χ4v) is 5.39. The van der Waals surface area contributed by atoms with E-state index in [1.54, 1.807) is 12.1 Å². The van der Waals surface area contributed by atoms with E-state index in [2.05, 4.69) is 15.9 Å². The predicted molar refractivity (Wildman–Crippen MR) is 138 cm³/mol. The Kier molecular flexibility index (Phi) is 7.56. The lowest BCUT2D eigenvalue weighted by Gasteiger charge is -2.14. The van der Waals surface area contributed by atoms with Crippen LogP contribution in [0.1, 0.15) is 11.1 Å². The SMILES string of the molecule is COc1cccc(/C=C2\SC(=O)N(Cc3ccc(Br)cc3)C2=O)c1OS(=O)(=O)c1ccc(Cl)cc1. The fourth-order valence-electron chi connectivity index (χ4n) is 3.21. The van der Waals surface area contributed by atoms with Crippen LogP contribution in [-0.4, -0.2) is 31.6 Å². The van der Waals surface area contributed by atoms with Crippen molar-refractivity contribution in [2.24, 2.45) is 0 Å². The number of benzene rings is 3. The highest BCUT2D eigenvalue weighted by Crippen LogP contribution is 2.39. The summed E-state index contributed by atoms with van der Waals surface area (Å²) < 4.78 is 37.4. The van der Waals surface area contributed by atoms with Gasteiger partial charge in [-0.2, -0.15) is 8.42 Å². The first-order chi connectivity index (χ1) is 16.7. The molecule has 0 aliphatic carbocycles. The lowest BCUT2D eigenvalue weighted by molar-refractivity contribution is -0.123. The van der Waals surface area contributed by atoms with Gasteiger partial charge in [0.2, 0.25) is 0 Å². The largest absolute Gasteiger partial charge is 0.493 e. The van der Waals surface area contributed by atoms with Crippen LogP contribution in [0.5, 0.6) is 11.5 Å². The van der Waals surface area contributed by atoms with Crippen molar-refractivity contribution in [3.8, 4) is 11.5 Å². The van der Waals surface area contributed by atoms with Crippen molar-refractivity contribution in [2.75, 3.05) is 7.11 Å². The van der Waals surface area contributed by atoms with Gasteiger partial charge in [-0.05, 0) is 65.9 Å². The number of imide groups is 1. The number of amides is 2. The highest BCUT2D eigenvalue weighted by Gasteiger charge is 2.35. The molecule has 0 unspecified atom stereocenters. The van der Waals surface area contributed by atoms with Gasteiger partial charge in [0, 0.05) is 15.1 Å². The molecule has 4 rings (SSSR count). The van der Waals surface area contributed by atoms with Gasteiger partial charge in [0.1, 0.15) is 4.90 Å². The first kappa shape index (κ1) is 25.3. The van der Waals surface area contributed by atoms with Crippen LogP contribution in [0.4, 0.5) is 4.79 Å².